The first-order valence-corrected chi connectivity index (χ1v) is 9.21. The van der Waals surface area contributed by atoms with Gasteiger partial charge in [0.1, 0.15) is 6.54 Å². The van der Waals surface area contributed by atoms with Gasteiger partial charge in [-0.15, -0.1) is 0 Å². The second-order valence-corrected chi connectivity index (χ2v) is 7.13. The molecule has 0 N–H and O–H groups in total. The van der Waals surface area contributed by atoms with Crippen LogP contribution in [0.4, 0.5) is 0 Å². The molecule has 0 aliphatic carbocycles. The highest BCUT2D eigenvalue weighted by Gasteiger charge is 2.13. The number of nitrogens with zero attached hydrogens (tertiary/aromatic N) is 4. The molecule has 0 aliphatic rings. The molecule has 2 heterocycles. The standard InChI is InChI=1S/C22H20N4O3/c1-14-5-4-6-17(10-14)20-23-19(29-24-20)13-25-7-8-26(22(28)21(25)27)18-11-15(2)9-16(3)12-18/h4-12H,13H2,1-3H3. The van der Waals surface area contributed by atoms with Crippen LogP contribution >= 0.6 is 0 Å². The van der Waals surface area contributed by atoms with Crippen molar-refractivity contribution in [3.05, 3.63) is 98.1 Å². The van der Waals surface area contributed by atoms with Crippen LogP contribution in [-0.4, -0.2) is 19.3 Å². The first-order valence-electron chi connectivity index (χ1n) is 9.21. The number of aryl methyl sites for hydroxylation is 3. The van der Waals surface area contributed by atoms with Gasteiger partial charge < -0.3 is 4.52 Å². The maximum atomic E-state index is 12.6. The van der Waals surface area contributed by atoms with Crippen LogP contribution in [0, 0.1) is 20.8 Å². The molecule has 2 aromatic carbocycles. The van der Waals surface area contributed by atoms with E-state index < -0.39 is 11.1 Å². The first kappa shape index (κ1) is 18.6. The lowest BCUT2D eigenvalue weighted by atomic mass is 10.1. The zero-order valence-electron chi connectivity index (χ0n) is 16.4. The fourth-order valence-corrected chi connectivity index (χ4v) is 3.29. The molecule has 4 aromatic rings. The molecule has 0 bridgehead atoms. The van der Waals surface area contributed by atoms with Gasteiger partial charge >= 0.3 is 11.1 Å². The number of rotatable bonds is 4. The van der Waals surface area contributed by atoms with E-state index in [2.05, 4.69) is 10.1 Å². The van der Waals surface area contributed by atoms with Crippen LogP contribution in [0.15, 0.2) is 69.0 Å². The van der Waals surface area contributed by atoms with Gasteiger partial charge in [0.05, 0.1) is 0 Å². The molecular formula is C22H20N4O3. The molecule has 0 saturated heterocycles. The van der Waals surface area contributed by atoms with Gasteiger partial charge in [-0.1, -0.05) is 35.0 Å². The van der Waals surface area contributed by atoms with E-state index in [4.69, 9.17) is 4.52 Å². The van der Waals surface area contributed by atoms with Crippen LogP contribution in [0.2, 0.25) is 0 Å². The van der Waals surface area contributed by atoms with E-state index in [9.17, 15) is 9.59 Å². The van der Waals surface area contributed by atoms with Crippen LogP contribution in [-0.2, 0) is 6.54 Å². The fourth-order valence-electron chi connectivity index (χ4n) is 3.29. The van der Waals surface area contributed by atoms with Gasteiger partial charge in [-0.3, -0.25) is 18.7 Å². The van der Waals surface area contributed by atoms with Crippen LogP contribution in [0.5, 0.6) is 0 Å². The van der Waals surface area contributed by atoms with Gasteiger partial charge in [-0.05, 0) is 50.1 Å². The Kier molecular flexibility index (Phi) is 4.72. The average molecular weight is 388 g/mol. The highest BCUT2D eigenvalue weighted by Crippen LogP contribution is 2.17. The number of hydrogen-bond donors (Lipinski definition) is 0. The fraction of sp³-hybridized carbons (Fsp3) is 0.182. The van der Waals surface area contributed by atoms with Gasteiger partial charge in [-0.2, -0.15) is 4.98 Å². The molecule has 4 rings (SSSR count). The summed E-state index contributed by atoms with van der Waals surface area (Å²) < 4.78 is 7.90. The predicted molar refractivity (Wildman–Crippen MR) is 109 cm³/mol. The molecule has 0 unspecified atom stereocenters. The van der Waals surface area contributed by atoms with Crippen molar-refractivity contribution in [3.63, 3.8) is 0 Å². The van der Waals surface area contributed by atoms with Gasteiger partial charge in [-0.25, -0.2) is 0 Å². The Morgan fingerprint density at radius 1 is 0.897 bits per heavy atom. The topological polar surface area (TPSA) is 82.9 Å². The lowest BCUT2D eigenvalue weighted by molar-refractivity contribution is 0.369. The van der Waals surface area contributed by atoms with Crippen LogP contribution < -0.4 is 11.1 Å². The maximum absolute atomic E-state index is 12.6. The molecule has 7 heteroatoms. The van der Waals surface area contributed by atoms with Crippen LogP contribution in [0.1, 0.15) is 22.6 Å². The summed E-state index contributed by atoms with van der Waals surface area (Å²) in [5, 5.41) is 3.98. The van der Waals surface area contributed by atoms with Gasteiger partial charge in [0, 0.05) is 23.6 Å². The maximum Gasteiger partial charge on any atom is 0.320 e. The molecule has 0 aliphatic heterocycles. The SMILES string of the molecule is Cc1cccc(-c2noc(Cn3ccn(-c4cc(C)cc(C)c4)c(=O)c3=O)n2)c1. The minimum Gasteiger partial charge on any atom is -0.337 e. The van der Waals surface area contributed by atoms with E-state index >= 15 is 0 Å². The highest BCUT2D eigenvalue weighted by molar-refractivity contribution is 5.55. The second kappa shape index (κ2) is 7.35. The van der Waals surface area contributed by atoms with E-state index in [-0.39, 0.29) is 12.4 Å². The third-order valence-corrected chi connectivity index (χ3v) is 4.59. The lowest BCUT2D eigenvalue weighted by Gasteiger charge is -2.09. The molecule has 0 atom stereocenters. The second-order valence-electron chi connectivity index (χ2n) is 7.13. The van der Waals surface area contributed by atoms with Gasteiger partial charge in [0.2, 0.25) is 11.7 Å². The molecule has 146 valence electrons. The number of benzene rings is 2. The van der Waals surface area contributed by atoms with E-state index in [1.54, 1.807) is 12.4 Å². The van der Waals surface area contributed by atoms with Crippen molar-refractivity contribution in [2.75, 3.05) is 0 Å². The third-order valence-electron chi connectivity index (χ3n) is 4.59. The smallest absolute Gasteiger partial charge is 0.320 e. The van der Waals surface area contributed by atoms with E-state index in [0.29, 0.717) is 11.5 Å². The molecule has 2 aromatic heterocycles. The van der Waals surface area contributed by atoms with Crippen LogP contribution in [0.3, 0.4) is 0 Å². The lowest BCUT2D eigenvalue weighted by Crippen LogP contribution is -2.40. The highest BCUT2D eigenvalue weighted by atomic mass is 16.5. The summed E-state index contributed by atoms with van der Waals surface area (Å²) in [7, 11) is 0. The number of hydrogen-bond acceptors (Lipinski definition) is 5. The van der Waals surface area contributed by atoms with Crippen molar-refractivity contribution < 1.29 is 4.52 Å². The van der Waals surface area contributed by atoms with Crippen molar-refractivity contribution in [1.29, 1.82) is 0 Å². The normalized spacial score (nSPS) is 11.0. The van der Waals surface area contributed by atoms with E-state index in [0.717, 1.165) is 22.3 Å². The Balaban J connectivity index is 1.65. The Morgan fingerprint density at radius 3 is 2.38 bits per heavy atom. The Labute approximate surface area is 166 Å². The molecule has 0 saturated carbocycles. The zero-order chi connectivity index (χ0) is 20.5. The predicted octanol–water partition coefficient (Wildman–Crippen LogP) is 3.02. The summed E-state index contributed by atoms with van der Waals surface area (Å²) in [6, 6.07) is 13.5. The van der Waals surface area contributed by atoms with Crippen molar-refractivity contribution in [1.82, 2.24) is 19.3 Å². The largest absolute Gasteiger partial charge is 0.337 e. The average Bonchev–Trinajstić information content (AvgIpc) is 3.13. The summed E-state index contributed by atoms with van der Waals surface area (Å²) in [5.41, 5.74) is 3.34. The van der Waals surface area contributed by atoms with Crippen molar-refractivity contribution >= 4 is 0 Å². The molecule has 0 fully saturated rings. The first-order chi connectivity index (χ1) is 13.9. The molecule has 29 heavy (non-hydrogen) atoms. The summed E-state index contributed by atoms with van der Waals surface area (Å²) in [6.45, 7) is 5.91. The van der Waals surface area contributed by atoms with Crippen molar-refractivity contribution in [3.8, 4) is 17.1 Å². The number of aromatic nitrogens is 4. The molecule has 0 radical (unpaired) electrons. The van der Waals surface area contributed by atoms with Crippen LogP contribution in [0.25, 0.3) is 17.1 Å². The quantitative estimate of drug-likeness (QED) is 0.502. The summed E-state index contributed by atoms with van der Waals surface area (Å²) in [5.74, 6) is 0.701. The molecule has 0 spiro atoms. The Bertz CT molecular complexity index is 1290. The van der Waals surface area contributed by atoms with E-state index in [1.807, 2.05) is 63.2 Å². The minimum atomic E-state index is -0.651. The summed E-state index contributed by atoms with van der Waals surface area (Å²) >= 11 is 0. The van der Waals surface area contributed by atoms with Gasteiger partial charge in [0.15, 0.2) is 0 Å². The molecule has 7 nitrogen and oxygen atoms in total. The van der Waals surface area contributed by atoms with Gasteiger partial charge in [0.25, 0.3) is 0 Å². The summed E-state index contributed by atoms with van der Waals surface area (Å²) in [6.07, 6.45) is 3.13. The van der Waals surface area contributed by atoms with Crippen molar-refractivity contribution in [2.24, 2.45) is 0 Å². The monoisotopic (exact) mass is 388 g/mol. The Morgan fingerprint density at radius 2 is 1.66 bits per heavy atom. The van der Waals surface area contributed by atoms with Crippen molar-refractivity contribution in [2.45, 2.75) is 27.3 Å². The minimum absolute atomic E-state index is 0.0283. The van der Waals surface area contributed by atoms with E-state index in [1.165, 1.54) is 9.13 Å². The molecular weight excluding hydrogens is 368 g/mol. The molecule has 0 amide bonds. The summed E-state index contributed by atoms with van der Waals surface area (Å²) in [4.78, 5) is 29.6. The third kappa shape index (κ3) is 3.80. The zero-order valence-corrected chi connectivity index (χ0v) is 16.4. The Hall–Kier alpha value is -3.74.